The van der Waals surface area contributed by atoms with Gasteiger partial charge >= 0.3 is 0 Å². The van der Waals surface area contributed by atoms with Crippen LogP contribution in [0.3, 0.4) is 0 Å². The third kappa shape index (κ3) is 6.37. The van der Waals surface area contributed by atoms with Gasteiger partial charge in [0.1, 0.15) is 11.5 Å². The van der Waals surface area contributed by atoms with Gasteiger partial charge in [-0.15, -0.1) is 0 Å². The van der Waals surface area contributed by atoms with Crippen LogP contribution < -0.4 is 0 Å². The zero-order chi connectivity index (χ0) is 30.3. The number of fused-ring (bicyclic) bond motifs is 4. The SMILES string of the molecule is CC.CC(C)C.Cc1cccc2c1CC=CC1=C2C(c2ccc(-c3ccccc3)cc2)C2=C(C=CCc3ccccc32)O1. The van der Waals surface area contributed by atoms with Crippen molar-refractivity contribution in [2.24, 2.45) is 5.92 Å². The maximum absolute atomic E-state index is 6.74. The Morgan fingerprint density at radius 3 is 1.86 bits per heavy atom. The lowest BCUT2D eigenvalue weighted by molar-refractivity contribution is 0.332. The summed E-state index contributed by atoms with van der Waals surface area (Å²) in [6, 6.07) is 35.3. The summed E-state index contributed by atoms with van der Waals surface area (Å²) in [7, 11) is 0. The molecule has 7 rings (SSSR count). The van der Waals surface area contributed by atoms with Crippen molar-refractivity contribution in [3.63, 3.8) is 0 Å². The lowest BCUT2D eigenvalue weighted by atomic mass is 9.74. The van der Waals surface area contributed by atoms with E-state index in [1.807, 2.05) is 13.8 Å². The highest BCUT2D eigenvalue weighted by Gasteiger charge is 2.36. The number of ether oxygens (including phenoxy) is 1. The van der Waals surface area contributed by atoms with Gasteiger partial charge in [0.25, 0.3) is 0 Å². The summed E-state index contributed by atoms with van der Waals surface area (Å²) < 4.78 is 6.74. The third-order valence-corrected chi connectivity index (χ3v) is 7.89. The van der Waals surface area contributed by atoms with Gasteiger partial charge in [-0.1, -0.05) is 144 Å². The van der Waals surface area contributed by atoms with Crippen LogP contribution in [0.15, 0.2) is 133 Å². The molecule has 0 spiro atoms. The van der Waals surface area contributed by atoms with Crippen LogP contribution in [0, 0.1) is 12.8 Å². The van der Waals surface area contributed by atoms with Crippen LogP contribution in [0.1, 0.15) is 73.9 Å². The molecule has 3 aliphatic rings. The Balaban J connectivity index is 0.000000569. The molecule has 0 amide bonds. The highest BCUT2D eigenvalue weighted by atomic mass is 16.5. The van der Waals surface area contributed by atoms with Gasteiger partial charge in [0.15, 0.2) is 0 Å². The molecule has 0 saturated carbocycles. The molecule has 0 aromatic heterocycles. The zero-order valence-electron chi connectivity index (χ0n) is 26.5. The van der Waals surface area contributed by atoms with Crippen LogP contribution in [-0.4, -0.2) is 0 Å². The molecular formula is C42H44O. The fourth-order valence-electron chi connectivity index (χ4n) is 6.08. The molecule has 1 aliphatic heterocycles. The predicted molar refractivity (Wildman–Crippen MR) is 185 cm³/mol. The smallest absolute Gasteiger partial charge is 0.131 e. The standard InChI is InChI=1S/C36H28O.C4H10.C2H6/c1-24-10-7-17-31-29(24)16-9-19-33-36(31)34(28-22-20-26(21-23-28)25-11-3-2-4-12-25)35-30-15-6-5-13-27(30)14-8-18-32(35)37-33;1-4(2)3;1-2/h2-13,15,17-23,34H,14,16H2,1H3;4H,1-3H3;1-2H3. The number of allylic oxidation sites excluding steroid dienone is 6. The van der Waals surface area contributed by atoms with E-state index in [1.165, 1.54) is 55.7 Å². The van der Waals surface area contributed by atoms with E-state index in [0.717, 1.165) is 30.3 Å². The molecule has 0 radical (unpaired) electrons. The Hall–Kier alpha value is -4.36. The van der Waals surface area contributed by atoms with Gasteiger partial charge in [-0.3, -0.25) is 0 Å². The molecular weight excluding hydrogens is 520 g/mol. The maximum Gasteiger partial charge on any atom is 0.131 e. The topological polar surface area (TPSA) is 9.23 Å². The molecule has 43 heavy (non-hydrogen) atoms. The van der Waals surface area contributed by atoms with E-state index < -0.39 is 0 Å². The lowest BCUT2D eigenvalue weighted by Gasteiger charge is -2.33. The van der Waals surface area contributed by atoms with Crippen LogP contribution >= 0.6 is 0 Å². The maximum atomic E-state index is 6.74. The van der Waals surface area contributed by atoms with Crippen LogP contribution in [0.25, 0.3) is 22.3 Å². The molecule has 4 aromatic carbocycles. The number of hydrogen-bond acceptors (Lipinski definition) is 1. The van der Waals surface area contributed by atoms with E-state index in [0.29, 0.717) is 0 Å². The van der Waals surface area contributed by atoms with E-state index in [4.69, 9.17) is 4.74 Å². The normalized spacial score (nSPS) is 16.2. The molecule has 1 heterocycles. The van der Waals surface area contributed by atoms with Crippen molar-refractivity contribution in [1.82, 2.24) is 0 Å². The van der Waals surface area contributed by atoms with Crippen molar-refractivity contribution >= 4 is 11.1 Å². The Bertz CT molecular complexity index is 1670. The van der Waals surface area contributed by atoms with Crippen molar-refractivity contribution in [2.75, 3.05) is 0 Å². The van der Waals surface area contributed by atoms with Crippen molar-refractivity contribution in [3.05, 3.63) is 166 Å². The highest BCUT2D eigenvalue weighted by Crippen LogP contribution is 2.52. The average molecular weight is 565 g/mol. The van der Waals surface area contributed by atoms with Crippen molar-refractivity contribution in [2.45, 2.75) is 60.3 Å². The van der Waals surface area contributed by atoms with Crippen molar-refractivity contribution in [3.8, 4) is 11.1 Å². The Labute approximate surface area is 259 Å². The fraction of sp³-hybridized carbons (Fsp3) is 0.238. The number of aryl methyl sites for hydroxylation is 1. The van der Waals surface area contributed by atoms with E-state index in [9.17, 15) is 0 Å². The molecule has 4 aromatic rings. The molecule has 218 valence electrons. The van der Waals surface area contributed by atoms with E-state index >= 15 is 0 Å². The molecule has 2 aliphatic carbocycles. The van der Waals surface area contributed by atoms with Crippen LogP contribution in [-0.2, 0) is 17.6 Å². The zero-order valence-corrected chi connectivity index (χ0v) is 26.5. The highest BCUT2D eigenvalue weighted by molar-refractivity contribution is 5.94. The summed E-state index contributed by atoms with van der Waals surface area (Å²) in [5, 5.41) is 0. The second kappa shape index (κ2) is 13.7. The first-order chi connectivity index (χ1) is 21.0. The first kappa shape index (κ1) is 30.1. The molecule has 1 atom stereocenters. The van der Waals surface area contributed by atoms with Gasteiger partial charge in [-0.05, 0) is 82.3 Å². The molecule has 1 nitrogen and oxygen atoms in total. The first-order valence-corrected chi connectivity index (χ1v) is 15.8. The summed E-state index contributed by atoms with van der Waals surface area (Å²) in [6.45, 7) is 12.7. The number of hydrogen-bond donors (Lipinski definition) is 0. The second-order valence-electron chi connectivity index (χ2n) is 11.8. The van der Waals surface area contributed by atoms with Gasteiger partial charge < -0.3 is 4.74 Å². The monoisotopic (exact) mass is 564 g/mol. The van der Waals surface area contributed by atoms with Gasteiger partial charge in [-0.25, -0.2) is 0 Å². The van der Waals surface area contributed by atoms with Crippen LogP contribution in [0.2, 0.25) is 0 Å². The average Bonchev–Trinajstić information content (AvgIpc) is 3.34. The van der Waals surface area contributed by atoms with Crippen LogP contribution in [0.4, 0.5) is 0 Å². The Morgan fingerprint density at radius 2 is 1.16 bits per heavy atom. The third-order valence-electron chi connectivity index (χ3n) is 7.89. The van der Waals surface area contributed by atoms with Gasteiger partial charge in [0, 0.05) is 17.1 Å². The molecule has 0 N–H and O–H groups in total. The summed E-state index contributed by atoms with van der Waals surface area (Å²) >= 11 is 0. The number of rotatable bonds is 2. The summed E-state index contributed by atoms with van der Waals surface area (Å²) in [5.41, 5.74) is 12.9. The van der Waals surface area contributed by atoms with Gasteiger partial charge in [-0.2, -0.15) is 0 Å². The second-order valence-corrected chi connectivity index (χ2v) is 11.8. The molecule has 0 saturated heterocycles. The Morgan fingerprint density at radius 1 is 0.605 bits per heavy atom. The summed E-state index contributed by atoms with van der Waals surface area (Å²) in [5.74, 6) is 2.82. The van der Waals surface area contributed by atoms with Gasteiger partial charge in [0.05, 0.1) is 0 Å². The first-order valence-electron chi connectivity index (χ1n) is 15.8. The quantitative estimate of drug-likeness (QED) is 0.235. The fourth-order valence-corrected chi connectivity index (χ4v) is 6.08. The van der Waals surface area contributed by atoms with E-state index in [2.05, 4.69) is 149 Å². The minimum Gasteiger partial charge on any atom is -0.457 e. The van der Waals surface area contributed by atoms with Crippen LogP contribution in [0.5, 0.6) is 0 Å². The molecule has 0 bridgehead atoms. The van der Waals surface area contributed by atoms with E-state index in [1.54, 1.807) is 0 Å². The molecule has 1 unspecified atom stereocenters. The Kier molecular flexibility index (Phi) is 9.62. The van der Waals surface area contributed by atoms with Crippen molar-refractivity contribution < 1.29 is 4.74 Å². The lowest BCUT2D eigenvalue weighted by Crippen LogP contribution is -2.16. The molecule has 1 heteroatoms. The minimum atomic E-state index is 0.0655. The van der Waals surface area contributed by atoms with E-state index in [-0.39, 0.29) is 5.92 Å². The van der Waals surface area contributed by atoms with Crippen molar-refractivity contribution in [1.29, 1.82) is 0 Å². The number of benzene rings is 4. The van der Waals surface area contributed by atoms with Gasteiger partial charge in [0.2, 0.25) is 0 Å². The largest absolute Gasteiger partial charge is 0.457 e. The predicted octanol–water partition coefficient (Wildman–Crippen LogP) is 11.5. The minimum absolute atomic E-state index is 0.0655. The molecule has 0 fully saturated rings. The summed E-state index contributed by atoms with van der Waals surface area (Å²) in [6.07, 6.45) is 10.7. The summed E-state index contributed by atoms with van der Waals surface area (Å²) in [4.78, 5) is 0.